The van der Waals surface area contributed by atoms with Gasteiger partial charge < -0.3 is 19.7 Å². The molecule has 1 aromatic carbocycles. The second kappa shape index (κ2) is 7.69. The van der Waals surface area contributed by atoms with Crippen molar-refractivity contribution in [2.45, 2.75) is 26.8 Å². The van der Waals surface area contributed by atoms with E-state index in [1.165, 1.54) is 26.2 Å². The fourth-order valence-electron chi connectivity index (χ4n) is 2.91. The number of allylic oxidation sites excluding steroid dienone is 1. The van der Waals surface area contributed by atoms with Crippen LogP contribution >= 0.6 is 12.2 Å². The van der Waals surface area contributed by atoms with E-state index >= 15 is 0 Å². The topological polar surface area (TPSA) is 93.9 Å². The van der Waals surface area contributed by atoms with Crippen molar-refractivity contribution in [1.82, 2.24) is 10.2 Å². The molecule has 1 N–H and O–H groups in total. The molecule has 0 radical (unpaired) electrons. The molecule has 1 aliphatic heterocycles. The summed E-state index contributed by atoms with van der Waals surface area (Å²) in [6.07, 6.45) is 0. The van der Waals surface area contributed by atoms with Crippen LogP contribution in [-0.2, 0) is 4.79 Å². The Bertz CT molecular complexity index is 806. The lowest BCUT2D eigenvalue weighted by Gasteiger charge is -2.35. The summed E-state index contributed by atoms with van der Waals surface area (Å²) in [6, 6.07) is 2.08. The van der Waals surface area contributed by atoms with Gasteiger partial charge in [0.25, 0.3) is 5.69 Å². The van der Waals surface area contributed by atoms with Crippen molar-refractivity contribution in [2.75, 3.05) is 20.8 Å². The number of ether oxygens (including phenoxy) is 2. The molecule has 1 aromatic rings. The van der Waals surface area contributed by atoms with Gasteiger partial charge in [-0.2, -0.15) is 0 Å². The number of benzene rings is 1. The van der Waals surface area contributed by atoms with E-state index in [-0.39, 0.29) is 17.2 Å². The van der Waals surface area contributed by atoms with Crippen LogP contribution in [-0.4, -0.2) is 41.5 Å². The molecule has 1 heterocycles. The van der Waals surface area contributed by atoms with Crippen LogP contribution in [0.15, 0.2) is 23.4 Å². The van der Waals surface area contributed by atoms with Crippen molar-refractivity contribution in [1.29, 1.82) is 0 Å². The van der Waals surface area contributed by atoms with Crippen LogP contribution in [0.5, 0.6) is 11.5 Å². The van der Waals surface area contributed by atoms with E-state index in [2.05, 4.69) is 5.32 Å². The fraction of sp³-hybridized carbons (Fsp3) is 0.412. The maximum atomic E-state index is 12.3. The minimum Gasteiger partial charge on any atom is -0.493 e. The Morgan fingerprint density at radius 2 is 2.08 bits per heavy atom. The molecule has 8 nitrogen and oxygen atoms in total. The molecule has 1 atom stereocenters. The summed E-state index contributed by atoms with van der Waals surface area (Å²) in [7, 11) is 3.15. The Morgan fingerprint density at radius 3 is 2.58 bits per heavy atom. The van der Waals surface area contributed by atoms with Crippen LogP contribution < -0.4 is 14.8 Å². The third-order valence-corrected chi connectivity index (χ3v) is 4.65. The summed E-state index contributed by atoms with van der Waals surface area (Å²) in [5.74, 6) is 0.420. The van der Waals surface area contributed by atoms with E-state index in [4.69, 9.17) is 21.7 Å². The molecule has 140 valence electrons. The molecule has 1 unspecified atom stereocenters. The Kier molecular flexibility index (Phi) is 5.81. The number of nitrogens with one attached hydrogen (secondary N) is 1. The molecule has 0 aliphatic carbocycles. The molecule has 0 aromatic heterocycles. The molecule has 9 heteroatoms. The maximum Gasteiger partial charge on any atom is 0.279 e. The van der Waals surface area contributed by atoms with Gasteiger partial charge in [-0.15, -0.1) is 0 Å². The number of nitro groups is 1. The lowest BCUT2D eigenvalue weighted by molar-refractivity contribution is -0.385. The molecular weight excluding hydrogens is 358 g/mol. The molecule has 0 spiro atoms. The first-order chi connectivity index (χ1) is 12.2. The first kappa shape index (κ1) is 19.6. The highest BCUT2D eigenvalue weighted by Crippen LogP contribution is 2.41. The van der Waals surface area contributed by atoms with Crippen LogP contribution in [0.2, 0.25) is 0 Å². The van der Waals surface area contributed by atoms with E-state index in [1.807, 2.05) is 0 Å². The largest absolute Gasteiger partial charge is 0.493 e. The minimum absolute atomic E-state index is 0.179. The van der Waals surface area contributed by atoms with E-state index < -0.39 is 11.0 Å². The highest BCUT2D eigenvalue weighted by Gasteiger charge is 2.35. The number of hydrogen-bond donors (Lipinski definition) is 1. The van der Waals surface area contributed by atoms with Gasteiger partial charge in [0.05, 0.1) is 36.3 Å². The number of carbonyl (C=O) groups excluding carboxylic acids is 1. The molecule has 0 saturated heterocycles. The number of nitro benzene ring substituents is 1. The molecular formula is C17H21N3O5S. The average Bonchev–Trinajstić information content (AvgIpc) is 2.58. The zero-order valence-electron chi connectivity index (χ0n) is 15.3. The summed E-state index contributed by atoms with van der Waals surface area (Å²) >= 11 is 5.31. The first-order valence-corrected chi connectivity index (χ1v) is 8.38. The van der Waals surface area contributed by atoms with Gasteiger partial charge in [-0.3, -0.25) is 14.9 Å². The number of nitrogens with zero attached hydrogens (tertiary/aromatic N) is 2. The highest BCUT2D eigenvalue weighted by molar-refractivity contribution is 7.80. The molecule has 1 aliphatic rings. The van der Waals surface area contributed by atoms with E-state index in [0.717, 1.165) is 0 Å². The van der Waals surface area contributed by atoms with Crippen LogP contribution in [0.4, 0.5) is 5.69 Å². The van der Waals surface area contributed by atoms with Gasteiger partial charge in [0.1, 0.15) is 0 Å². The maximum absolute atomic E-state index is 12.3. The van der Waals surface area contributed by atoms with Crippen molar-refractivity contribution >= 4 is 28.8 Å². The van der Waals surface area contributed by atoms with Gasteiger partial charge in [-0.05, 0) is 39.1 Å². The Labute approximate surface area is 156 Å². The lowest BCUT2D eigenvalue weighted by atomic mass is 9.91. The van der Waals surface area contributed by atoms with Crippen LogP contribution in [0.3, 0.4) is 0 Å². The SMILES string of the molecule is CCOc1cc(C2NC(=S)N(C)C(C)=C2C(C)=O)c([N+](=O)[O-])cc1OC. The van der Waals surface area contributed by atoms with Gasteiger partial charge >= 0.3 is 0 Å². The van der Waals surface area contributed by atoms with Crippen molar-refractivity contribution in [3.8, 4) is 11.5 Å². The predicted molar refractivity (Wildman–Crippen MR) is 100 cm³/mol. The molecule has 0 saturated carbocycles. The molecule has 0 bridgehead atoms. The standard InChI is InChI=1S/C17H21N3O5S/c1-6-25-14-7-11(12(20(22)23)8-13(14)24-5)16-15(10(3)21)9(2)19(4)17(26)18-16/h7-8,16H,6H2,1-5H3,(H,18,26). The third kappa shape index (κ3) is 3.48. The minimum atomic E-state index is -0.748. The Hall–Kier alpha value is -2.68. The fourth-order valence-corrected chi connectivity index (χ4v) is 3.16. The molecule has 26 heavy (non-hydrogen) atoms. The normalized spacial score (nSPS) is 17.0. The first-order valence-electron chi connectivity index (χ1n) is 7.97. The van der Waals surface area contributed by atoms with Crippen LogP contribution in [0.25, 0.3) is 0 Å². The zero-order valence-corrected chi connectivity index (χ0v) is 16.1. The quantitative estimate of drug-likeness (QED) is 0.458. The van der Waals surface area contributed by atoms with Crippen molar-refractivity contribution in [2.24, 2.45) is 0 Å². The molecule has 0 fully saturated rings. The van der Waals surface area contributed by atoms with Gasteiger partial charge in [0, 0.05) is 18.3 Å². The van der Waals surface area contributed by atoms with Crippen molar-refractivity contribution in [3.05, 3.63) is 39.1 Å². The number of hydrogen-bond acceptors (Lipinski definition) is 6. The van der Waals surface area contributed by atoms with Crippen molar-refractivity contribution in [3.63, 3.8) is 0 Å². The van der Waals surface area contributed by atoms with Gasteiger partial charge in [0.15, 0.2) is 22.4 Å². The van der Waals surface area contributed by atoms with Gasteiger partial charge in [0.2, 0.25) is 0 Å². The van der Waals surface area contributed by atoms with Crippen LogP contribution in [0.1, 0.15) is 32.4 Å². The van der Waals surface area contributed by atoms with Gasteiger partial charge in [-0.1, -0.05) is 0 Å². The average molecular weight is 379 g/mol. The van der Waals surface area contributed by atoms with E-state index in [1.54, 1.807) is 25.8 Å². The number of ketones is 1. The van der Waals surface area contributed by atoms with Crippen LogP contribution in [0, 0.1) is 10.1 Å². The number of rotatable bonds is 6. The van der Waals surface area contributed by atoms with Crippen molar-refractivity contribution < 1.29 is 19.2 Å². The summed E-state index contributed by atoms with van der Waals surface area (Å²) in [6.45, 7) is 5.35. The Balaban J connectivity index is 2.75. The number of Topliss-reactive ketones (excluding diaryl/α,β-unsaturated/α-hetero) is 1. The zero-order chi connectivity index (χ0) is 19.6. The number of methoxy groups -OCH3 is 1. The number of carbonyl (C=O) groups is 1. The number of thiocarbonyl (C=S) groups is 1. The lowest BCUT2D eigenvalue weighted by Crippen LogP contribution is -2.45. The van der Waals surface area contributed by atoms with E-state index in [0.29, 0.717) is 34.3 Å². The predicted octanol–water partition coefficient (Wildman–Crippen LogP) is 2.73. The second-order valence-corrected chi connectivity index (χ2v) is 6.14. The smallest absolute Gasteiger partial charge is 0.279 e. The van der Waals surface area contributed by atoms with E-state index in [9.17, 15) is 14.9 Å². The Morgan fingerprint density at radius 1 is 1.42 bits per heavy atom. The summed E-state index contributed by atoms with van der Waals surface area (Å²) < 4.78 is 10.7. The molecule has 2 rings (SSSR count). The third-order valence-electron chi connectivity index (χ3n) is 4.25. The monoisotopic (exact) mass is 379 g/mol. The summed E-state index contributed by atoms with van der Waals surface area (Å²) in [5.41, 5.74) is 1.17. The summed E-state index contributed by atoms with van der Waals surface area (Å²) in [5, 5.41) is 15.0. The highest BCUT2D eigenvalue weighted by atomic mass is 32.1. The van der Waals surface area contributed by atoms with Gasteiger partial charge in [-0.25, -0.2) is 0 Å². The summed E-state index contributed by atoms with van der Waals surface area (Å²) in [4.78, 5) is 25.1. The molecule has 0 amide bonds. The second-order valence-electron chi connectivity index (χ2n) is 5.75.